The summed E-state index contributed by atoms with van der Waals surface area (Å²) >= 11 is 0. The molecule has 2 heteroatoms. The van der Waals surface area contributed by atoms with Gasteiger partial charge in [-0.1, -0.05) is 26.2 Å². The highest BCUT2D eigenvalue weighted by molar-refractivity contribution is 5.06. The zero-order chi connectivity index (χ0) is 11.8. The Hall–Kier alpha value is -0.0800. The van der Waals surface area contributed by atoms with E-state index in [0.717, 1.165) is 18.8 Å². The Labute approximate surface area is 99.6 Å². The zero-order valence-corrected chi connectivity index (χ0v) is 10.8. The van der Waals surface area contributed by atoms with Crippen LogP contribution in [-0.2, 0) is 0 Å². The third kappa shape index (κ3) is 1.91. The van der Waals surface area contributed by atoms with E-state index in [1.54, 1.807) is 0 Å². The zero-order valence-electron chi connectivity index (χ0n) is 10.8. The van der Waals surface area contributed by atoms with E-state index in [9.17, 15) is 5.11 Å². The van der Waals surface area contributed by atoms with Crippen LogP contribution in [0, 0.1) is 17.3 Å². The van der Waals surface area contributed by atoms with E-state index >= 15 is 0 Å². The monoisotopic (exact) mass is 225 g/mol. The Morgan fingerprint density at radius 3 is 2.56 bits per heavy atom. The SMILES string of the molecule is CCC1CCCC(CN)(C(C)(O)C2CC2)C1. The van der Waals surface area contributed by atoms with Gasteiger partial charge in [0.15, 0.2) is 0 Å². The standard InChI is InChI=1S/C14H27NO/c1-3-11-5-4-8-14(9-11,10-15)13(2,16)12-6-7-12/h11-12,16H,3-10,15H2,1-2H3. The van der Waals surface area contributed by atoms with Crippen LogP contribution in [-0.4, -0.2) is 17.3 Å². The van der Waals surface area contributed by atoms with Crippen molar-refractivity contribution in [3.63, 3.8) is 0 Å². The fourth-order valence-corrected chi connectivity index (χ4v) is 3.76. The lowest BCUT2D eigenvalue weighted by molar-refractivity contribution is -0.111. The molecule has 0 amide bonds. The van der Waals surface area contributed by atoms with Crippen molar-refractivity contribution in [1.29, 1.82) is 0 Å². The molecule has 2 fully saturated rings. The molecule has 2 aliphatic rings. The maximum atomic E-state index is 10.9. The van der Waals surface area contributed by atoms with E-state index in [2.05, 4.69) is 13.8 Å². The summed E-state index contributed by atoms with van der Waals surface area (Å²) < 4.78 is 0. The smallest absolute Gasteiger partial charge is 0.0715 e. The van der Waals surface area contributed by atoms with Crippen molar-refractivity contribution in [3.05, 3.63) is 0 Å². The van der Waals surface area contributed by atoms with Crippen LogP contribution in [0.3, 0.4) is 0 Å². The minimum atomic E-state index is -0.518. The molecule has 2 nitrogen and oxygen atoms in total. The molecule has 16 heavy (non-hydrogen) atoms. The molecule has 3 N–H and O–H groups in total. The maximum Gasteiger partial charge on any atom is 0.0715 e. The summed E-state index contributed by atoms with van der Waals surface area (Å²) in [4.78, 5) is 0. The molecule has 0 aromatic heterocycles. The Kier molecular flexibility index (Phi) is 3.33. The quantitative estimate of drug-likeness (QED) is 0.772. The van der Waals surface area contributed by atoms with Crippen LogP contribution in [0.15, 0.2) is 0 Å². The molecular formula is C14H27NO. The average molecular weight is 225 g/mol. The molecule has 2 saturated carbocycles. The number of hydrogen-bond donors (Lipinski definition) is 2. The fraction of sp³-hybridized carbons (Fsp3) is 1.00. The fourth-order valence-electron chi connectivity index (χ4n) is 3.76. The molecule has 0 aromatic rings. The van der Waals surface area contributed by atoms with Gasteiger partial charge in [-0.25, -0.2) is 0 Å². The van der Waals surface area contributed by atoms with Crippen LogP contribution in [0.5, 0.6) is 0 Å². The van der Waals surface area contributed by atoms with Crippen molar-refractivity contribution in [2.24, 2.45) is 23.0 Å². The minimum absolute atomic E-state index is 0.00704. The molecule has 0 aliphatic heterocycles. The topological polar surface area (TPSA) is 46.2 Å². The lowest BCUT2D eigenvalue weighted by atomic mass is 9.59. The van der Waals surface area contributed by atoms with Gasteiger partial charge in [0.05, 0.1) is 5.60 Å². The molecule has 94 valence electrons. The Morgan fingerprint density at radius 1 is 1.38 bits per heavy atom. The van der Waals surface area contributed by atoms with Crippen LogP contribution in [0.4, 0.5) is 0 Å². The predicted molar refractivity (Wildman–Crippen MR) is 67.1 cm³/mol. The first-order valence-corrected chi connectivity index (χ1v) is 6.98. The lowest BCUT2D eigenvalue weighted by Gasteiger charge is -2.50. The Balaban J connectivity index is 2.16. The van der Waals surface area contributed by atoms with Crippen molar-refractivity contribution in [1.82, 2.24) is 0 Å². The molecule has 0 saturated heterocycles. The van der Waals surface area contributed by atoms with Crippen LogP contribution in [0.2, 0.25) is 0 Å². The third-order valence-electron chi connectivity index (χ3n) is 5.36. The van der Waals surface area contributed by atoms with E-state index < -0.39 is 5.60 Å². The van der Waals surface area contributed by atoms with E-state index in [1.807, 2.05) is 0 Å². The highest BCUT2D eigenvalue weighted by Crippen LogP contribution is 2.55. The van der Waals surface area contributed by atoms with Crippen LogP contribution in [0.25, 0.3) is 0 Å². The van der Waals surface area contributed by atoms with Gasteiger partial charge in [0, 0.05) is 12.0 Å². The second kappa shape index (κ2) is 4.30. The van der Waals surface area contributed by atoms with Gasteiger partial charge in [-0.2, -0.15) is 0 Å². The highest BCUT2D eigenvalue weighted by Gasteiger charge is 2.55. The number of rotatable bonds is 4. The van der Waals surface area contributed by atoms with Crippen molar-refractivity contribution >= 4 is 0 Å². The van der Waals surface area contributed by atoms with E-state index in [4.69, 9.17) is 5.73 Å². The van der Waals surface area contributed by atoms with E-state index in [0.29, 0.717) is 12.5 Å². The average Bonchev–Trinajstić information content (AvgIpc) is 3.12. The van der Waals surface area contributed by atoms with Crippen LogP contribution < -0.4 is 5.73 Å². The lowest BCUT2D eigenvalue weighted by Crippen LogP contribution is -2.54. The molecule has 0 spiro atoms. The van der Waals surface area contributed by atoms with Gasteiger partial charge in [0.2, 0.25) is 0 Å². The predicted octanol–water partition coefficient (Wildman–Crippen LogP) is 2.69. The van der Waals surface area contributed by atoms with E-state index in [-0.39, 0.29) is 5.41 Å². The van der Waals surface area contributed by atoms with Gasteiger partial charge < -0.3 is 10.8 Å². The van der Waals surface area contributed by atoms with Crippen LogP contribution >= 0.6 is 0 Å². The minimum Gasteiger partial charge on any atom is -0.389 e. The molecule has 0 radical (unpaired) electrons. The highest BCUT2D eigenvalue weighted by atomic mass is 16.3. The molecule has 0 aromatic carbocycles. The van der Waals surface area contributed by atoms with Gasteiger partial charge >= 0.3 is 0 Å². The summed E-state index contributed by atoms with van der Waals surface area (Å²) in [6.07, 6.45) is 8.49. The number of nitrogens with two attached hydrogens (primary N) is 1. The van der Waals surface area contributed by atoms with Gasteiger partial charge in [-0.3, -0.25) is 0 Å². The molecule has 3 atom stereocenters. The summed E-state index contributed by atoms with van der Waals surface area (Å²) in [5, 5.41) is 10.9. The van der Waals surface area contributed by atoms with Gasteiger partial charge in [-0.05, 0) is 44.4 Å². The second-order valence-electron chi connectivity index (χ2n) is 6.28. The summed E-state index contributed by atoms with van der Waals surface area (Å²) in [6.45, 7) is 4.98. The molecule has 2 aliphatic carbocycles. The summed E-state index contributed by atoms with van der Waals surface area (Å²) in [5.74, 6) is 1.30. The Morgan fingerprint density at radius 2 is 2.06 bits per heavy atom. The summed E-state index contributed by atoms with van der Waals surface area (Å²) in [5.41, 5.74) is 5.54. The van der Waals surface area contributed by atoms with Crippen molar-refractivity contribution in [3.8, 4) is 0 Å². The first-order chi connectivity index (χ1) is 7.55. The second-order valence-corrected chi connectivity index (χ2v) is 6.28. The molecular weight excluding hydrogens is 198 g/mol. The van der Waals surface area contributed by atoms with Gasteiger partial charge in [0.1, 0.15) is 0 Å². The number of hydrogen-bond acceptors (Lipinski definition) is 2. The Bertz CT molecular complexity index is 247. The molecule has 3 unspecified atom stereocenters. The summed E-state index contributed by atoms with van der Waals surface area (Å²) in [7, 11) is 0. The van der Waals surface area contributed by atoms with Crippen LogP contribution in [0.1, 0.15) is 58.8 Å². The van der Waals surface area contributed by atoms with E-state index in [1.165, 1.54) is 32.1 Å². The van der Waals surface area contributed by atoms with Crippen molar-refractivity contribution in [2.45, 2.75) is 64.4 Å². The maximum absolute atomic E-state index is 10.9. The van der Waals surface area contributed by atoms with Gasteiger partial charge in [0.25, 0.3) is 0 Å². The normalized spacial score (nSPS) is 39.4. The first-order valence-electron chi connectivity index (χ1n) is 6.98. The van der Waals surface area contributed by atoms with Crippen molar-refractivity contribution in [2.75, 3.05) is 6.54 Å². The number of aliphatic hydroxyl groups is 1. The molecule has 2 rings (SSSR count). The first kappa shape index (κ1) is 12.4. The third-order valence-corrected chi connectivity index (χ3v) is 5.36. The largest absolute Gasteiger partial charge is 0.389 e. The van der Waals surface area contributed by atoms with Gasteiger partial charge in [-0.15, -0.1) is 0 Å². The molecule has 0 bridgehead atoms. The molecule has 0 heterocycles. The van der Waals surface area contributed by atoms with Crippen molar-refractivity contribution < 1.29 is 5.11 Å². The summed E-state index contributed by atoms with van der Waals surface area (Å²) in [6, 6.07) is 0.